The van der Waals surface area contributed by atoms with E-state index in [1.165, 1.54) is 0 Å². The molecule has 0 saturated heterocycles. The minimum atomic E-state index is -0.282. The van der Waals surface area contributed by atoms with E-state index in [9.17, 15) is 4.79 Å². The van der Waals surface area contributed by atoms with Crippen molar-refractivity contribution in [2.75, 3.05) is 10.2 Å². The number of benzene rings is 3. The number of hydrogen-bond acceptors (Lipinski definition) is 2. The summed E-state index contributed by atoms with van der Waals surface area (Å²) in [6.07, 6.45) is 1.70. The molecule has 0 bridgehead atoms. The second kappa shape index (κ2) is 5.77. The summed E-state index contributed by atoms with van der Waals surface area (Å²) in [5, 5.41) is 4.66. The summed E-state index contributed by atoms with van der Waals surface area (Å²) >= 11 is 0. The normalized spacial score (nSPS) is 16.4. The Morgan fingerprint density at radius 3 is 2.42 bits per heavy atom. The molecule has 26 heavy (non-hydrogen) atoms. The van der Waals surface area contributed by atoms with E-state index in [0.29, 0.717) is 5.56 Å². The number of amides is 1. The molecule has 2 heterocycles. The predicted molar refractivity (Wildman–Crippen MR) is 104 cm³/mol. The van der Waals surface area contributed by atoms with Crippen LogP contribution >= 0.6 is 0 Å². The van der Waals surface area contributed by atoms with E-state index in [1.807, 2.05) is 83.9 Å². The molecule has 0 aliphatic carbocycles. The monoisotopic (exact) mass is 339 g/mol. The Morgan fingerprint density at radius 1 is 0.808 bits per heavy atom. The van der Waals surface area contributed by atoms with Crippen molar-refractivity contribution in [1.82, 2.24) is 4.98 Å². The molecule has 1 aromatic heterocycles. The van der Waals surface area contributed by atoms with Crippen LogP contribution in [0.15, 0.2) is 85.1 Å². The molecule has 1 aliphatic heterocycles. The molecule has 3 aromatic carbocycles. The van der Waals surface area contributed by atoms with Gasteiger partial charge in [0.1, 0.15) is 6.17 Å². The molecule has 1 unspecified atom stereocenters. The van der Waals surface area contributed by atoms with Crippen molar-refractivity contribution in [1.29, 1.82) is 0 Å². The van der Waals surface area contributed by atoms with Gasteiger partial charge < -0.3 is 10.3 Å². The van der Waals surface area contributed by atoms with Crippen molar-refractivity contribution in [2.24, 2.45) is 0 Å². The minimum absolute atomic E-state index is 0.000770. The second-order valence-electron chi connectivity index (χ2n) is 6.39. The van der Waals surface area contributed by atoms with Gasteiger partial charge in [-0.25, -0.2) is 0 Å². The first-order valence-corrected chi connectivity index (χ1v) is 8.63. The van der Waals surface area contributed by atoms with E-state index >= 15 is 0 Å². The average molecular weight is 339 g/mol. The highest BCUT2D eigenvalue weighted by Crippen LogP contribution is 2.38. The zero-order valence-corrected chi connectivity index (χ0v) is 14.0. The van der Waals surface area contributed by atoms with Gasteiger partial charge in [0.15, 0.2) is 0 Å². The van der Waals surface area contributed by atoms with E-state index in [0.717, 1.165) is 27.8 Å². The molecular weight excluding hydrogens is 322 g/mol. The third kappa shape index (κ3) is 2.19. The lowest BCUT2D eigenvalue weighted by Crippen LogP contribution is -2.43. The largest absolute Gasteiger partial charge is 0.361 e. The smallest absolute Gasteiger partial charge is 0.262 e. The maximum atomic E-state index is 13.3. The number of nitrogens with one attached hydrogen (secondary N) is 2. The Labute approximate surface area is 151 Å². The summed E-state index contributed by atoms with van der Waals surface area (Å²) in [6, 6.07) is 25.6. The average Bonchev–Trinajstić information content (AvgIpc) is 3.13. The molecule has 0 fully saturated rings. The van der Waals surface area contributed by atoms with Crippen LogP contribution in [-0.2, 0) is 0 Å². The number of carbonyl (C=O) groups is 1. The van der Waals surface area contributed by atoms with E-state index in [1.54, 1.807) is 0 Å². The SMILES string of the molecule is O=C1c2ccccc2NC(c2c[nH]c3ccccc23)N1c1ccccc1. The van der Waals surface area contributed by atoms with Crippen molar-refractivity contribution >= 4 is 28.2 Å². The molecule has 0 spiro atoms. The van der Waals surface area contributed by atoms with E-state index in [4.69, 9.17) is 0 Å². The number of rotatable bonds is 2. The lowest BCUT2D eigenvalue weighted by Gasteiger charge is -2.37. The topological polar surface area (TPSA) is 48.1 Å². The van der Waals surface area contributed by atoms with Crippen molar-refractivity contribution in [3.05, 3.63) is 96.2 Å². The third-order valence-corrected chi connectivity index (χ3v) is 4.88. The molecule has 1 atom stereocenters. The van der Waals surface area contributed by atoms with E-state index < -0.39 is 0 Å². The summed E-state index contributed by atoms with van der Waals surface area (Å²) < 4.78 is 0. The van der Waals surface area contributed by atoms with Crippen LogP contribution in [0.3, 0.4) is 0 Å². The highest BCUT2D eigenvalue weighted by Gasteiger charge is 2.34. The summed E-state index contributed by atoms with van der Waals surface area (Å²) in [7, 11) is 0. The fourth-order valence-electron chi connectivity index (χ4n) is 3.65. The number of H-pyrrole nitrogens is 1. The molecule has 5 rings (SSSR count). The molecule has 1 aliphatic rings. The van der Waals surface area contributed by atoms with Gasteiger partial charge in [-0.15, -0.1) is 0 Å². The predicted octanol–water partition coefficient (Wildman–Crippen LogP) is 4.94. The number of aromatic nitrogens is 1. The number of aromatic amines is 1. The standard InChI is InChI=1S/C22H17N3O/c26-22-17-11-5-7-13-20(17)24-21(25(22)15-8-2-1-3-9-15)18-14-23-19-12-6-4-10-16(18)19/h1-14,21,23-24H. The van der Waals surface area contributed by atoms with Crippen LogP contribution in [0.2, 0.25) is 0 Å². The number of fused-ring (bicyclic) bond motifs is 2. The number of hydrogen-bond donors (Lipinski definition) is 2. The van der Waals surface area contributed by atoms with E-state index in [2.05, 4.69) is 16.4 Å². The minimum Gasteiger partial charge on any atom is -0.361 e. The highest BCUT2D eigenvalue weighted by atomic mass is 16.2. The van der Waals surface area contributed by atoms with Crippen LogP contribution in [0.25, 0.3) is 10.9 Å². The van der Waals surface area contributed by atoms with Gasteiger partial charge in [-0.05, 0) is 30.3 Å². The molecule has 126 valence electrons. The number of nitrogens with zero attached hydrogens (tertiary/aromatic N) is 1. The van der Waals surface area contributed by atoms with Crippen molar-refractivity contribution in [3.8, 4) is 0 Å². The van der Waals surface area contributed by atoms with Gasteiger partial charge in [0.2, 0.25) is 0 Å². The van der Waals surface area contributed by atoms with Crippen LogP contribution in [0, 0.1) is 0 Å². The molecular formula is C22H17N3O. The van der Waals surface area contributed by atoms with E-state index in [-0.39, 0.29) is 12.1 Å². The van der Waals surface area contributed by atoms with Gasteiger partial charge in [0.05, 0.1) is 5.56 Å². The Bertz CT molecular complexity index is 1100. The summed E-state index contributed by atoms with van der Waals surface area (Å²) in [5.74, 6) is 0.000770. The first-order valence-electron chi connectivity index (χ1n) is 8.63. The molecule has 4 heteroatoms. The van der Waals surface area contributed by atoms with Crippen molar-refractivity contribution in [3.63, 3.8) is 0 Å². The van der Waals surface area contributed by atoms with Gasteiger partial charge in [0, 0.05) is 34.0 Å². The van der Waals surface area contributed by atoms with Crippen LogP contribution in [0.4, 0.5) is 11.4 Å². The Morgan fingerprint density at radius 2 is 1.54 bits per heavy atom. The zero-order valence-electron chi connectivity index (χ0n) is 14.0. The number of para-hydroxylation sites is 3. The van der Waals surface area contributed by atoms with Gasteiger partial charge >= 0.3 is 0 Å². The fraction of sp³-hybridized carbons (Fsp3) is 0.0455. The summed E-state index contributed by atoms with van der Waals surface area (Å²) in [4.78, 5) is 18.5. The fourth-order valence-corrected chi connectivity index (χ4v) is 3.65. The van der Waals surface area contributed by atoms with Gasteiger partial charge in [-0.2, -0.15) is 0 Å². The maximum Gasteiger partial charge on any atom is 0.262 e. The lowest BCUT2D eigenvalue weighted by molar-refractivity contribution is 0.0975. The van der Waals surface area contributed by atoms with Gasteiger partial charge in [0.25, 0.3) is 5.91 Å². The molecule has 0 saturated carbocycles. The first kappa shape index (κ1) is 14.8. The zero-order chi connectivity index (χ0) is 17.5. The number of carbonyl (C=O) groups excluding carboxylic acids is 1. The molecule has 2 N–H and O–H groups in total. The highest BCUT2D eigenvalue weighted by molar-refractivity contribution is 6.12. The second-order valence-corrected chi connectivity index (χ2v) is 6.39. The van der Waals surface area contributed by atoms with Gasteiger partial charge in [-0.3, -0.25) is 9.69 Å². The lowest BCUT2D eigenvalue weighted by atomic mass is 10.0. The quantitative estimate of drug-likeness (QED) is 0.543. The first-order chi connectivity index (χ1) is 12.8. The van der Waals surface area contributed by atoms with Crippen LogP contribution in [0.1, 0.15) is 22.1 Å². The molecule has 1 amide bonds. The van der Waals surface area contributed by atoms with Crippen molar-refractivity contribution in [2.45, 2.75) is 6.17 Å². The van der Waals surface area contributed by atoms with Gasteiger partial charge in [-0.1, -0.05) is 48.5 Å². The summed E-state index contributed by atoms with van der Waals surface area (Å²) in [5.41, 5.74) is 4.53. The molecule has 0 radical (unpaired) electrons. The molecule has 4 aromatic rings. The third-order valence-electron chi connectivity index (χ3n) is 4.88. The maximum absolute atomic E-state index is 13.3. The number of anilines is 2. The van der Waals surface area contributed by atoms with Crippen LogP contribution in [-0.4, -0.2) is 10.9 Å². The Hall–Kier alpha value is -3.53. The van der Waals surface area contributed by atoms with Crippen molar-refractivity contribution < 1.29 is 4.79 Å². The van der Waals surface area contributed by atoms with Crippen LogP contribution < -0.4 is 10.2 Å². The van der Waals surface area contributed by atoms with Crippen LogP contribution in [0.5, 0.6) is 0 Å². The summed E-state index contributed by atoms with van der Waals surface area (Å²) in [6.45, 7) is 0. The molecule has 4 nitrogen and oxygen atoms in total. The Balaban J connectivity index is 1.72. The Kier molecular flexibility index (Phi) is 3.28.